The zero-order valence-corrected chi connectivity index (χ0v) is 13.1. The molecule has 3 rings (SSSR count). The Morgan fingerprint density at radius 1 is 1.12 bits per heavy atom. The molecule has 0 radical (unpaired) electrons. The summed E-state index contributed by atoms with van der Waals surface area (Å²) in [5.41, 5.74) is -2.03. The number of rotatable bonds is 3. The lowest BCUT2D eigenvalue weighted by Crippen LogP contribution is -2.56. The summed E-state index contributed by atoms with van der Waals surface area (Å²) in [5.74, 6) is 0. The van der Waals surface area contributed by atoms with Crippen molar-refractivity contribution in [3.8, 4) is 0 Å². The van der Waals surface area contributed by atoms with Crippen molar-refractivity contribution in [2.75, 3.05) is 0 Å². The molecule has 1 aromatic heterocycles. The maximum Gasteiger partial charge on any atom is 0.416 e. The highest BCUT2D eigenvalue weighted by Crippen LogP contribution is 2.57. The van der Waals surface area contributed by atoms with Gasteiger partial charge in [0.1, 0.15) is 6.10 Å². The minimum absolute atomic E-state index is 0.166. The van der Waals surface area contributed by atoms with Crippen LogP contribution in [0.3, 0.4) is 0 Å². The summed E-state index contributed by atoms with van der Waals surface area (Å²) in [4.78, 5) is 4.12. The number of aliphatic hydroxyl groups is 2. The molecule has 0 spiro atoms. The van der Waals surface area contributed by atoms with Gasteiger partial charge in [0.05, 0.1) is 16.9 Å². The second-order valence-corrected chi connectivity index (χ2v) is 6.74. The lowest BCUT2D eigenvalue weighted by Gasteiger charge is -2.54. The normalized spacial score (nSPS) is 28.2. The molecule has 1 aliphatic rings. The molecule has 0 saturated heterocycles. The number of halogens is 3. The maximum absolute atomic E-state index is 13.0. The van der Waals surface area contributed by atoms with Crippen LogP contribution in [0.15, 0.2) is 48.7 Å². The fourth-order valence-corrected chi connectivity index (χ4v) is 3.69. The molecule has 3 nitrogen and oxygen atoms in total. The molecule has 1 unspecified atom stereocenters. The average molecular weight is 337 g/mol. The lowest BCUT2D eigenvalue weighted by molar-refractivity contribution is -0.138. The van der Waals surface area contributed by atoms with Gasteiger partial charge in [0, 0.05) is 11.6 Å². The van der Waals surface area contributed by atoms with E-state index >= 15 is 0 Å². The van der Waals surface area contributed by atoms with Crippen LogP contribution in [0.4, 0.5) is 13.2 Å². The van der Waals surface area contributed by atoms with Crippen LogP contribution in [0.1, 0.15) is 42.7 Å². The van der Waals surface area contributed by atoms with Crippen molar-refractivity contribution in [3.63, 3.8) is 0 Å². The van der Waals surface area contributed by atoms with Gasteiger partial charge >= 0.3 is 6.18 Å². The van der Waals surface area contributed by atoms with Gasteiger partial charge in [-0.05, 0) is 43.5 Å². The highest BCUT2D eigenvalue weighted by Gasteiger charge is 2.57. The van der Waals surface area contributed by atoms with Gasteiger partial charge in [-0.2, -0.15) is 13.2 Å². The van der Waals surface area contributed by atoms with E-state index in [4.69, 9.17) is 0 Å². The lowest BCUT2D eigenvalue weighted by atomic mass is 9.53. The first kappa shape index (κ1) is 16.9. The van der Waals surface area contributed by atoms with Crippen molar-refractivity contribution in [2.24, 2.45) is 0 Å². The van der Waals surface area contributed by atoms with Crippen molar-refractivity contribution >= 4 is 0 Å². The van der Waals surface area contributed by atoms with E-state index in [1.807, 2.05) is 0 Å². The van der Waals surface area contributed by atoms with Crippen molar-refractivity contribution in [2.45, 2.75) is 43.1 Å². The van der Waals surface area contributed by atoms with E-state index in [-0.39, 0.29) is 12.8 Å². The fraction of sp³-hybridized carbons (Fsp3) is 0.389. The third-order valence-electron chi connectivity index (χ3n) is 4.65. The topological polar surface area (TPSA) is 53.4 Å². The summed E-state index contributed by atoms with van der Waals surface area (Å²) in [6.07, 6.45) is -3.70. The molecule has 0 amide bonds. The van der Waals surface area contributed by atoms with Crippen LogP contribution in [0.2, 0.25) is 0 Å². The Bertz CT molecular complexity index is 721. The number of nitrogens with zero attached hydrogens (tertiary/aromatic N) is 1. The van der Waals surface area contributed by atoms with Crippen molar-refractivity contribution in [1.82, 2.24) is 4.98 Å². The van der Waals surface area contributed by atoms with Crippen LogP contribution >= 0.6 is 0 Å². The standard InChI is InChI=1S/C18H18F3NO2/c1-16(24)10-17(11-16,15(23)14-7-2-3-8-22-14)12-5-4-6-13(9-12)18(19,20)21/h2-9,15,23-24H,10-11H2,1H3. The van der Waals surface area contributed by atoms with Crippen molar-refractivity contribution in [1.29, 1.82) is 0 Å². The Morgan fingerprint density at radius 3 is 2.38 bits per heavy atom. The van der Waals surface area contributed by atoms with Gasteiger partial charge in [-0.25, -0.2) is 0 Å². The number of pyridine rings is 1. The van der Waals surface area contributed by atoms with E-state index in [0.29, 0.717) is 11.3 Å². The Kier molecular flexibility index (Phi) is 3.92. The first-order chi connectivity index (χ1) is 11.1. The number of aliphatic hydroxyl groups excluding tert-OH is 1. The van der Waals surface area contributed by atoms with Crippen LogP contribution in [0.25, 0.3) is 0 Å². The molecule has 6 heteroatoms. The third kappa shape index (κ3) is 2.91. The van der Waals surface area contributed by atoms with Gasteiger partial charge in [-0.15, -0.1) is 0 Å². The van der Waals surface area contributed by atoms with Gasteiger partial charge in [-0.1, -0.05) is 24.3 Å². The van der Waals surface area contributed by atoms with Gasteiger partial charge in [0.15, 0.2) is 0 Å². The molecule has 0 bridgehead atoms. The molecule has 2 aromatic rings. The van der Waals surface area contributed by atoms with Crippen LogP contribution in [-0.4, -0.2) is 20.8 Å². The van der Waals surface area contributed by atoms with Gasteiger partial charge in [0.2, 0.25) is 0 Å². The second-order valence-electron chi connectivity index (χ2n) is 6.74. The summed E-state index contributed by atoms with van der Waals surface area (Å²) in [6, 6.07) is 10.00. The summed E-state index contributed by atoms with van der Waals surface area (Å²) < 4.78 is 39.1. The van der Waals surface area contributed by atoms with E-state index in [9.17, 15) is 23.4 Å². The summed E-state index contributed by atoms with van der Waals surface area (Å²) in [5, 5.41) is 21.0. The Balaban J connectivity index is 2.05. The van der Waals surface area contributed by atoms with Crippen molar-refractivity contribution in [3.05, 3.63) is 65.5 Å². The van der Waals surface area contributed by atoms with Crippen LogP contribution < -0.4 is 0 Å². The zero-order chi connectivity index (χ0) is 17.6. The largest absolute Gasteiger partial charge is 0.416 e. The summed E-state index contributed by atoms with van der Waals surface area (Å²) >= 11 is 0. The third-order valence-corrected chi connectivity index (χ3v) is 4.65. The zero-order valence-electron chi connectivity index (χ0n) is 13.1. The molecule has 1 heterocycles. The highest BCUT2D eigenvalue weighted by molar-refractivity contribution is 5.38. The van der Waals surface area contributed by atoms with Gasteiger partial charge in [-0.3, -0.25) is 4.98 Å². The van der Waals surface area contributed by atoms with Crippen LogP contribution in [0, 0.1) is 0 Å². The minimum Gasteiger partial charge on any atom is -0.390 e. The fourth-order valence-electron chi connectivity index (χ4n) is 3.69. The van der Waals surface area contributed by atoms with Gasteiger partial charge < -0.3 is 10.2 Å². The Hall–Kier alpha value is -1.92. The maximum atomic E-state index is 13.0. The smallest absolute Gasteiger partial charge is 0.390 e. The van der Waals surface area contributed by atoms with Gasteiger partial charge in [0.25, 0.3) is 0 Å². The molecule has 0 aliphatic heterocycles. The number of hydrogen-bond acceptors (Lipinski definition) is 3. The molecule has 24 heavy (non-hydrogen) atoms. The molecular weight excluding hydrogens is 319 g/mol. The SMILES string of the molecule is CC1(O)CC(c2cccc(C(F)(F)F)c2)(C(O)c2ccccn2)C1. The molecule has 1 atom stereocenters. The Labute approximate surface area is 137 Å². The number of aromatic nitrogens is 1. The summed E-state index contributed by atoms with van der Waals surface area (Å²) in [7, 11) is 0. The number of benzene rings is 1. The molecule has 1 aromatic carbocycles. The number of alkyl halides is 3. The van der Waals surface area contributed by atoms with E-state index in [2.05, 4.69) is 4.98 Å². The average Bonchev–Trinajstić information content (AvgIpc) is 2.51. The van der Waals surface area contributed by atoms with E-state index < -0.39 is 28.9 Å². The molecule has 1 saturated carbocycles. The first-order valence-electron chi connectivity index (χ1n) is 7.63. The molecule has 128 valence electrons. The Morgan fingerprint density at radius 2 is 1.83 bits per heavy atom. The van der Waals surface area contributed by atoms with E-state index in [0.717, 1.165) is 12.1 Å². The predicted molar refractivity (Wildman–Crippen MR) is 82.2 cm³/mol. The van der Waals surface area contributed by atoms with E-state index in [1.54, 1.807) is 31.2 Å². The van der Waals surface area contributed by atoms with Crippen LogP contribution in [0.5, 0.6) is 0 Å². The minimum atomic E-state index is -4.46. The molecule has 1 aliphatic carbocycles. The monoisotopic (exact) mass is 337 g/mol. The van der Waals surface area contributed by atoms with Crippen LogP contribution in [-0.2, 0) is 11.6 Å². The molecular formula is C18H18F3NO2. The summed E-state index contributed by atoms with van der Waals surface area (Å²) in [6.45, 7) is 1.62. The number of hydrogen-bond donors (Lipinski definition) is 2. The van der Waals surface area contributed by atoms with Crippen molar-refractivity contribution < 1.29 is 23.4 Å². The molecule has 1 fully saturated rings. The molecule has 2 N–H and O–H groups in total. The quantitative estimate of drug-likeness (QED) is 0.899. The first-order valence-corrected chi connectivity index (χ1v) is 7.63. The second kappa shape index (κ2) is 5.57. The highest BCUT2D eigenvalue weighted by atomic mass is 19.4. The predicted octanol–water partition coefficient (Wildman–Crippen LogP) is 3.62. The van der Waals surface area contributed by atoms with E-state index in [1.165, 1.54) is 12.3 Å².